The number of nitrogens with one attached hydrogen (secondary N) is 1. The molecule has 7 heteroatoms. The van der Waals surface area contributed by atoms with Crippen molar-refractivity contribution in [1.82, 2.24) is 5.32 Å². The first-order chi connectivity index (χ1) is 12.1. The van der Waals surface area contributed by atoms with Crippen LogP contribution in [0.2, 0.25) is 0 Å². The number of anilines is 2. The standard InChI is InChI=1S/C18H20BrN3O2S/c19-14-4-6-15(7-5-14)25(23,24)22-11-8-16-17(2-1-3-18(16)22)21-12-9-20-10-13-21/h1-7,20H,8-13H2. The number of hydrogen-bond donors (Lipinski definition) is 1. The average molecular weight is 422 g/mol. The van der Waals surface area contributed by atoms with Crippen LogP contribution in [0.15, 0.2) is 51.8 Å². The van der Waals surface area contributed by atoms with Crippen LogP contribution in [0.3, 0.4) is 0 Å². The molecule has 132 valence electrons. The molecule has 0 aliphatic carbocycles. The number of sulfonamides is 1. The Bertz CT molecular complexity index is 878. The van der Waals surface area contributed by atoms with Gasteiger partial charge < -0.3 is 10.2 Å². The van der Waals surface area contributed by atoms with Crippen LogP contribution in [0.4, 0.5) is 11.4 Å². The van der Waals surface area contributed by atoms with E-state index < -0.39 is 10.0 Å². The highest BCUT2D eigenvalue weighted by Gasteiger charge is 2.33. The smallest absolute Gasteiger partial charge is 0.264 e. The van der Waals surface area contributed by atoms with Crippen molar-refractivity contribution in [2.24, 2.45) is 0 Å². The zero-order valence-corrected chi connectivity index (χ0v) is 16.2. The van der Waals surface area contributed by atoms with Gasteiger partial charge in [0.05, 0.1) is 10.6 Å². The van der Waals surface area contributed by atoms with Crippen LogP contribution in [0.1, 0.15) is 5.56 Å². The number of nitrogens with zero attached hydrogens (tertiary/aromatic N) is 2. The second kappa shape index (κ2) is 6.63. The fraction of sp³-hybridized carbons (Fsp3) is 0.333. The Labute approximate surface area is 156 Å². The van der Waals surface area contributed by atoms with Crippen LogP contribution in [-0.4, -0.2) is 41.1 Å². The second-order valence-corrected chi connectivity index (χ2v) is 9.07. The van der Waals surface area contributed by atoms with Gasteiger partial charge in [-0.1, -0.05) is 22.0 Å². The van der Waals surface area contributed by atoms with Crippen LogP contribution in [-0.2, 0) is 16.4 Å². The number of piperazine rings is 1. The number of halogens is 1. The van der Waals surface area contributed by atoms with Crippen LogP contribution >= 0.6 is 15.9 Å². The molecule has 1 fully saturated rings. The van der Waals surface area contributed by atoms with E-state index in [0.29, 0.717) is 11.4 Å². The number of hydrogen-bond acceptors (Lipinski definition) is 4. The number of benzene rings is 2. The summed E-state index contributed by atoms with van der Waals surface area (Å²) in [6.45, 7) is 4.33. The van der Waals surface area contributed by atoms with Crippen molar-refractivity contribution < 1.29 is 8.42 Å². The third kappa shape index (κ3) is 3.05. The van der Waals surface area contributed by atoms with Crippen LogP contribution in [0, 0.1) is 0 Å². The first-order valence-corrected chi connectivity index (χ1v) is 10.7. The van der Waals surface area contributed by atoms with Crippen LogP contribution < -0.4 is 14.5 Å². The van der Waals surface area contributed by atoms with E-state index in [4.69, 9.17) is 0 Å². The van der Waals surface area contributed by atoms with E-state index in [1.807, 2.05) is 12.1 Å². The van der Waals surface area contributed by atoms with E-state index in [1.165, 1.54) is 5.69 Å². The third-order valence-corrected chi connectivity index (χ3v) is 7.18. The Kier molecular flexibility index (Phi) is 4.47. The van der Waals surface area contributed by atoms with Gasteiger partial charge >= 0.3 is 0 Å². The lowest BCUT2D eigenvalue weighted by molar-refractivity contribution is 0.588. The zero-order chi connectivity index (χ0) is 17.4. The van der Waals surface area contributed by atoms with Gasteiger partial charge in [-0.05, 0) is 42.8 Å². The molecule has 0 amide bonds. The summed E-state index contributed by atoms with van der Waals surface area (Å²) in [7, 11) is -3.53. The molecule has 0 radical (unpaired) electrons. The molecule has 0 spiro atoms. The lowest BCUT2D eigenvalue weighted by Gasteiger charge is -2.31. The van der Waals surface area contributed by atoms with E-state index in [1.54, 1.807) is 28.6 Å². The lowest BCUT2D eigenvalue weighted by atomic mass is 10.1. The Balaban J connectivity index is 1.71. The zero-order valence-electron chi connectivity index (χ0n) is 13.8. The van der Waals surface area contributed by atoms with Gasteiger partial charge in [0.15, 0.2) is 0 Å². The molecule has 0 unspecified atom stereocenters. The lowest BCUT2D eigenvalue weighted by Crippen LogP contribution is -2.43. The largest absolute Gasteiger partial charge is 0.369 e. The average Bonchev–Trinajstić information content (AvgIpc) is 3.08. The maximum absolute atomic E-state index is 13.1. The summed E-state index contributed by atoms with van der Waals surface area (Å²) in [6, 6.07) is 12.8. The molecule has 2 aromatic carbocycles. The molecule has 1 N–H and O–H groups in total. The summed E-state index contributed by atoms with van der Waals surface area (Å²) < 4.78 is 28.6. The van der Waals surface area contributed by atoms with E-state index >= 15 is 0 Å². The maximum atomic E-state index is 13.1. The highest BCUT2D eigenvalue weighted by atomic mass is 79.9. The van der Waals surface area contributed by atoms with Crippen molar-refractivity contribution >= 4 is 37.3 Å². The third-order valence-electron chi connectivity index (χ3n) is 4.82. The Morgan fingerprint density at radius 1 is 0.920 bits per heavy atom. The fourth-order valence-electron chi connectivity index (χ4n) is 3.57. The minimum atomic E-state index is -3.53. The van der Waals surface area contributed by atoms with Crippen molar-refractivity contribution in [3.63, 3.8) is 0 Å². The van der Waals surface area contributed by atoms with E-state index in [0.717, 1.165) is 48.3 Å². The molecule has 0 bridgehead atoms. The SMILES string of the molecule is O=S(=O)(c1ccc(Br)cc1)N1CCc2c(N3CCNCC3)cccc21. The molecule has 0 aromatic heterocycles. The van der Waals surface area contributed by atoms with Crippen LogP contribution in [0.25, 0.3) is 0 Å². The Hall–Kier alpha value is -1.57. The highest BCUT2D eigenvalue weighted by molar-refractivity contribution is 9.10. The van der Waals surface area contributed by atoms with Gasteiger partial charge in [-0.2, -0.15) is 0 Å². The van der Waals surface area contributed by atoms with Crippen molar-refractivity contribution in [1.29, 1.82) is 0 Å². The normalized spacial score (nSPS) is 17.6. The molecule has 2 aliphatic heterocycles. The van der Waals surface area contributed by atoms with E-state index in [2.05, 4.69) is 32.2 Å². The maximum Gasteiger partial charge on any atom is 0.264 e. The molecule has 25 heavy (non-hydrogen) atoms. The number of fused-ring (bicyclic) bond motifs is 1. The first-order valence-electron chi connectivity index (χ1n) is 8.43. The molecule has 1 saturated heterocycles. The van der Waals surface area contributed by atoms with Crippen molar-refractivity contribution in [2.75, 3.05) is 41.9 Å². The fourth-order valence-corrected chi connectivity index (χ4v) is 5.33. The molecular formula is C18H20BrN3O2S. The van der Waals surface area contributed by atoms with Gasteiger partial charge in [-0.3, -0.25) is 4.31 Å². The molecule has 4 rings (SSSR count). The van der Waals surface area contributed by atoms with E-state index in [-0.39, 0.29) is 0 Å². The first kappa shape index (κ1) is 16.9. The van der Waals surface area contributed by atoms with Gasteiger partial charge in [-0.25, -0.2) is 8.42 Å². The summed E-state index contributed by atoms with van der Waals surface area (Å²) >= 11 is 3.36. The summed E-state index contributed by atoms with van der Waals surface area (Å²) in [5.41, 5.74) is 3.14. The van der Waals surface area contributed by atoms with Gasteiger partial charge in [-0.15, -0.1) is 0 Å². The molecule has 2 aliphatic rings. The van der Waals surface area contributed by atoms with Gasteiger partial charge in [0, 0.05) is 48.4 Å². The Morgan fingerprint density at radius 3 is 2.32 bits per heavy atom. The number of rotatable bonds is 3. The molecule has 2 aromatic rings. The molecule has 2 heterocycles. The van der Waals surface area contributed by atoms with Crippen molar-refractivity contribution in [3.05, 3.63) is 52.5 Å². The van der Waals surface area contributed by atoms with Gasteiger partial charge in [0.2, 0.25) is 0 Å². The second-order valence-electron chi connectivity index (χ2n) is 6.29. The predicted molar refractivity (Wildman–Crippen MR) is 104 cm³/mol. The predicted octanol–water partition coefficient (Wildman–Crippen LogP) is 2.61. The molecular weight excluding hydrogens is 402 g/mol. The molecule has 0 atom stereocenters. The molecule has 0 saturated carbocycles. The summed E-state index contributed by atoms with van der Waals surface area (Å²) in [6.07, 6.45) is 0.755. The van der Waals surface area contributed by atoms with E-state index in [9.17, 15) is 8.42 Å². The topological polar surface area (TPSA) is 52.7 Å². The van der Waals surface area contributed by atoms with Crippen molar-refractivity contribution in [3.8, 4) is 0 Å². The van der Waals surface area contributed by atoms with Crippen molar-refractivity contribution in [2.45, 2.75) is 11.3 Å². The quantitative estimate of drug-likeness (QED) is 0.827. The summed E-state index contributed by atoms with van der Waals surface area (Å²) in [5, 5.41) is 3.36. The molecule has 5 nitrogen and oxygen atoms in total. The minimum absolute atomic E-state index is 0.330. The van der Waals surface area contributed by atoms with Gasteiger partial charge in [0.25, 0.3) is 10.0 Å². The van der Waals surface area contributed by atoms with Crippen LogP contribution in [0.5, 0.6) is 0 Å². The Morgan fingerprint density at radius 2 is 1.60 bits per heavy atom. The van der Waals surface area contributed by atoms with Gasteiger partial charge in [0.1, 0.15) is 0 Å². The summed E-state index contributed by atoms with van der Waals surface area (Å²) in [5.74, 6) is 0. The summed E-state index contributed by atoms with van der Waals surface area (Å²) in [4.78, 5) is 2.68. The minimum Gasteiger partial charge on any atom is -0.369 e. The highest BCUT2D eigenvalue weighted by Crippen LogP contribution is 2.38. The monoisotopic (exact) mass is 421 g/mol.